The molecule has 1 unspecified atom stereocenters. The molecule has 1 heterocycles. The van der Waals surface area contributed by atoms with Gasteiger partial charge < -0.3 is 10.2 Å². The van der Waals surface area contributed by atoms with Crippen molar-refractivity contribution in [3.63, 3.8) is 0 Å². The number of amides is 1. The van der Waals surface area contributed by atoms with Crippen molar-refractivity contribution in [1.29, 1.82) is 0 Å². The van der Waals surface area contributed by atoms with E-state index in [9.17, 15) is 9.18 Å². The first-order valence-corrected chi connectivity index (χ1v) is 6.59. The van der Waals surface area contributed by atoms with Crippen LogP contribution in [0.3, 0.4) is 0 Å². The lowest BCUT2D eigenvalue weighted by Crippen LogP contribution is -2.57. The minimum Gasteiger partial charge on any atom is -0.318 e. The Morgan fingerprint density at radius 3 is 2.79 bits per heavy atom. The summed E-state index contributed by atoms with van der Waals surface area (Å²) in [4.78, 5) is 16.0. The highest BCUT2D eigenvalue weighted by atomic mass is 19.1. The second-order valence-electron chi connectivity index (χ2n) is 4.76. The number of nitrogens with one attached hydrogen (secondary N) is 1. The number of piperazine rings is 1. The summed E-state index contributed by atoms with van der Waals surface area (Å²) < 4.78 is 13.8. The molecule has 5 heteroatoms. The van der Waals surface area contributed by atoms with Gasteiger partial charge in [0.1, 0.15) is 5.82 Å². The van der Waals surface area contributed by atoms with E-state index >= 15 is 0 Å². The second kappa shape index (κ2) is 6.12. The number of anilines is 1. The molecular formula is C14H20FN3O. The van der Waals surface area contributed by atoms with Crippen molar-refractivity contribution in [2.24, 2.45) is 0 Å². The van der Waals surface area contributed by atoms with Crippen LogP contribution in [0, 0.1) is 5.82 Å². The summed E-state index contributed by atoms with van der Waals surface area (Å²) in [6, 6.07) is 6.23. The SMILES string of the molecule is CNCCN1CCN(c2ccccc2F)C(=O)C1C. The van der Waals surface area contributed by atoms with Crippen LogP contribution >= 0.6 is 0 Å². The van der Waals surface area contributed by atoms with Gasteiger partial charge in [-0.25, -0.2) is 4.39 Å². The van der Waals surface area contributed by atoms with E-state index in [1.54, 1.807) is 23.1 Å². The van der Waals surface area contributed by atoms with E-state index < -0.39 is 0 Å². The summed E-state index contributed by atoms with van der Waals surface area (Å²) in [5.74, 6) is -0.376. The fourth-order valence-electron chi connectivity index (χ4n) is 2.38. The Balaban J connectivity index is 2.11. The summed E-state index contributed by atoms with van der Waals surface area (Å²) in [5, 5.41) is 3.08. The van der Waals surface area contributed by atoms with E-state index in [1.165, 1.54) is 6.07 Å². The monoisotopic (exact) mass is 265 g/mol. The van der Waals surface area contributed by atoms with Crippen molar-refractivity contribution < 1.29 is 9.18 Å². The van der Waals surface area contributed by atoms with E-state index in [0.29, 0.717) is 12.2 Å². The zero-order valence-electron chi connectivity index (χ0n) is 11.4. The van der Waals surface area contributed by atoms with Crippen LogP contribution in [0.25, 0.3) is 0 Å². The van der Waals surface area contributed by atoms with Gasteiger partial charge in [0.25, 0.3) is 0 Å². The fourth-order valence-corrected chi connectivity index (χ4v) is 2.38. The molecule has 1 aromatic rings. The minimum absolute atomic E-state index is 0.0348. The number of halogens is 1. The first-order chi connectivity index (χ1) is 9.15. The van der Waals surface area contributed by atoms with Crippen LogP contribution < -0.4 is 10.2 Å². The summed E-state index contributed by atoms with van der Waals surface area (Å²) >= 11 is 0. The molecule has 0 saturated carbocycles. The van der Waals surface area contributed by atoms with E-state index in [1.807, 2.05) is 14.0 Å². The van der Waals surface area contributed by atoms with Crippen molar-refractivity contribution in [3.05, 3.63) is 30.1 Å². The van der Waals surface area contributed by atoms with Crippen LogP contribution in [0.4, 0.5) is 10.1 Å². The van der Waals surface area contributed by atoms with Gasteiger partial charge in [-0.05, 0) is 26.1 Å². The summed E-state index contributed by atoms with van der Waals surface area (Å²) in [6.45, 7) is 4.85. The van der Waals surface area contributed by atoms with Crippen LogP contribution in [-0.4, -0.2) is 50.1 Å². The predicted molar refractivity (Wildman–Crippen MR) is 73.7 cm³/mol. The highest BCUT2D eigenvalue weighted by molar-refractivity contribution is 5.97. The molecule has 1 amide bonds. The van der Waals surface area contributed by atoms with Gasteiger partial charge in [-0.3, -0.25) is 9.69 Å². The minimum atomic E-state index is -0.341. The smallest absolute Gasteiger partial charge is 0.244 e. The molecule has 1 aromatic carbocycles. The molecule has 1 aliphatic rings. The van der Waals surface area contributed by atoms with E-state index in [0.717, 1.165) is 19.6 Å². The first-order valence-electron chi connectivity index (χ1n) is 6.59. The Bertz CT molecular complexity index is 452. The van der Waals surface area contributed by atoms with Crippen LogP contribution in [-0.2, 0) is 4.79 Å². The number of carbonyl (C=O) groups excluding carboxylic acids is 1. The van der Waals surface area contributed by atoms with Crippen molar-refractivity contribution in [1.82, 2.24) is 10.2 Å². The standard InChI is InChI=1S/C14H20FN3O/c1-11-14(19)18(10-9-17(11)8-7-16-2)13-6-4-3-5-12(13)15/h3-6,11,16H,7-10H2,1-2H3. The molecule has 1 N–H and O–H groups in total. The lowest BCUT2D eigenvalue weighted by molar-refractivity contribution is -0.125. The number of hydrogen-bond donors (Lipinski definition) is 1. The van der Waals surface area contributed by atoms with E-state index in [2.05, 4.69) is 10.2 Å². The number of para-hydroxylation sites is 1. The van der Waals surface area contributed by atoms with Gasteiger partial charge in [-0.15, -0.1) is 0 Å². The fraction of sp³-hybridized carbons (Fsp3) is 0.500. The molecule has 104 valence electrons. The molecule has 0 aliphatic carbocycles. The third-order valence-electron chi connectivity index (χ3n) is 3.57. The average Bonchev–Trinajstić information content (AvgIpc) is 2.42. The van der Waals surface area contributed by atoms with Gasteiger partial charge in [0.05, 0.1) is 11.7 Å². The van der Waals surface area contributed by atoms with Crippen molar-refractivity contribution >= 4 is 11.6 Å². The third kappa shape index (κ3) is 2.93. The molecule has 0 spiro atoms. The highest BCUT2D eigenvalue weighted by Gasteiger charge is 2.32. The van der Waals surface area contributed by atoms with Crippen LogP contribution in [0.2, 0.25) is 0 Å². The van der Waals surface area contributed by atoms with Gasteiger partial charge in [0.2, 0.25) is 5.91 Å². The van der Waals surface area contributed by atoms with Gasteiger partial charge in [-0.2, -0.15) is 0 Å². The van der Waals surface area contributed by atoms with Gasteiger partial charge >= 0.3 is 0 Å². The predicted octanol–water partition coefficient (Wildman–Crippen LogP) is 1.08. The normalized spacial score (nSPS) is 20.9. The lowest BCUT2D eigenvalue weighted by atomic mass is 10.1. The van der Waals surface area contributed by atoms with Crippen LogP contribution in [0.5, 0.6) is 0 Å². The first kappa shape index (κ1) is 14.0. The zero-order valence-corrected chi connectivity index (χ0v) is 11.4. The molecule has 4 nitrogen and oxygen atoms in total. The van der Waals surface area contributed by atoms with Crippen molar-refractivity contribution in [2.75, 3.05) is 38.1 Å². The molecule has 1 aliphatic heterocycles. The maximum absolute atomic E-state index is 13.8. The molecule has 0 bridgehead atoms. The zero-order chi connectivity index (χ0) is 13.8. The Labute approximate surface area is 113 Å². The number of hydrogen-bond acceptors (Lipinski definition) is 3. The Morgan fingerprint density at radius 2 is 2.11 bits per heavy atom. The van der Waals surface area contributed by atoms with Gasteiger partial charge in [-0.1, -0.05) is 12.1 Å². The third-order valence-corrected chi connectivity index (χ3v) is 3.57. The summed E-state index contributed by atoms with van der Waals surface area (Å²) in [7, 11) is 1.89. The van der Waals surface area contributed by atoms with Crippen LogP contribution in [0.15, 0.2) is 24.3 Å². The maximum atomic E-state index is 13.8. The molecule has 2 rings (SSSR count). The Hall–Kier alpha value is -1.46. The summed E-state index contributed by atoms with van der Waals surface area (Å²) in [5.41, 5.74) is 0.382. The number of likely N-dealkylation sites (N-methyl/N-ethyl adjacent to an activating group) is 1. The molecule has 1 atom stereocenters. The molecule has 0 aromatic heterocycles. The number of nitrogens with zero attached hydrogens (tertiary/aromatic N) is 2. The Kier molecular flexibility index (Phi) is 4.50. The number of carbonyl (C=O) groups is 1. The molecule has 1 fully saturated rings. The number of benzene rings is 1. The molecule has 19 heavy (non-hydrogen) atoms. The quantitative estimate of drug-likeness (QED) is 0.885. The maximum Gasteiger partial charge on any atom is 0.244 e. The van der Waals surface area contributed by atoms with Crippen LogP contribution in [0.1, 0.15) is 6.92 Å². The lowest BCUT2D eigenvalue weighted by Gasteiger charge is -2.39. The highest BCUT2D eigenvalue weighted by Crippen LogP contribution is 2.22. The van der Waals surface area contributed by atoms with E-state index in [4.69, 9.17) is 0 Å². The molecule has 1 saturated heterocycles. The second-order valence-corrected chi connectivity index (χ2v) is 4.76. The largest absolute Gasteiger partial charge is 0.318 e. The van der Waals surface area contributed by atoms with Crippen molar-refractivity contribution in [3.8, 4) is 0 Å². The van der Waals surface area contributed by atoms with Gasteiger partial charge in [0, 0.05) is 26.2 Å². The van der Waals surface area contributed by atoms with E-state index in [-0.39, 0.29) is 17.8 Å². The Morgan fingerprint density at radius 1 is 1.37 bits per heavy atom. The molecular weight excluding hydrogens is 245 g/mol. The molecule has 0 radical (unpaired) electrons. The van der Waals surface area contributed by atoms with Gasteiger partial charge in [0.15, 0.2) is 0 Å². The average molecular weight is 265 g/mol. The summed E-state index contributed by atoms with van der Waals surface area (Å²) in [6.07, 6.45) is 0. The number of rotatable bonds is 4. The topological polar surface area (TPSA) is 35.6 Å². The van der Waals surface area contributed by atoms with Crippen molar-refractivity contribution in [2.45, 2.75) is 13.0 Å².